The molecule has 0 unspecified atom stereocenters. The van der Waals surface area contributed by atoms with Crippen LogP contribution in [-0.2, 0) is 0 Å². The highest BCUT2D eigenvalue weighted by Gasteiger charge is 2.23. The van der Waals surface area contributed by atoms with Crippen LogP contribution in [0.4, 0.5) is 11.5 Å². The van der Waals surface area contributed by atoms with Gasteiger partial charge in [0.05, 0.1) is 25.3 Å². The number of hydrogen-bond acceptors (Lipinski definition) is 7. The van der Waals surface area contributed by atoms with Crippen molar-refractivity contribution in [3.63, 3.8) is 0 Å². The van der Waals surface area contributed by atoms with Crippen molar-refractivity contribution in [1.29, 1.82) is 0 Å². The van der Waals surface area contributed by atoms with E-state index in [0.29, 0.717) is 22.8 Å². The smallest absolute Gasteiger partial charge is 0.293 e. The lowest BCUT2D eigenvalue weighted by molar-refractivity contribution is 0.101. The zero-order chi connectivity index (χ0) is 21.3. The Morgan fingerprint density at radius 1 is 1.03 bits per heavy atom. The molecule has 1 saturated heterocycles. The molecule has 0 spiro atoms. The van der Waals surface area contributed by atoms with Crippen molar-refractivity contribution >= 4 is 28.4 Å². The summed E-state index contributed by atoms with van der Waals surface area (Å²) in [6.07, 6.45) is 2.21. The summed E-state index contributed by atoms with van der Waals surface area (Å²) >= 11 is 0. The Balaban J connectivity index is 1.78. The Labute approximate surface area is 175 Å². The van der Waals surface area contributed by atoms with Crippen LogP contribution < -0.4 is 19.7 Å². The third-order valence-electron chi connectivity index (χ3n) is 5.24. The Morgan fingerprint density at radius 2 is 1.80 bits per heavy atom. The fraction of sp³-hybridized carbons (Fsp3) is 0.364. The molecule has 1 N–H and O–H groups in total. The second-order valence-electron chi connectivity index (χ2n) is 7.36. The van der Waals surface area contributed by atoms with Gasteiger partial charge in [-0.25, -0.2) is 15.0 Å². The Kier molecular flexibility index (Phi) is 5.39. The molecule has 0 aliphatic carbocycles. The first-order chi connectivity index (χ1) is 14.5. The van der Waals surface area contributed by atoms with Crippen LogP contribution in [0.2, 0.25) is 0 Å². The summed E-state index contributed by atoms with van der Waals surface area (Å²) in [6, 6.07) is 7.22. The number of aryl methyl sites for hydroxylation is 2. The topological polar surface area (TPSA) is 89.5 Å². The fourth-order valence-electron chi connectivity index (χ4n) is 3.81. The number of benzene rings is 1. The predicted octanol–water partition coefficient (Wildman–Crippen LogP) is 3.51. The van der Waals surface area contributed by atoms with Crippen LogP contribution in [0.5, 0.6) is 11.5 Å². The van der Waals surface area contributed by atoms with Gasteiger partial charge in [-0.1, -0.05) is 0 Å². The third kappa shape index (κ3) is 3.72. The molecule has 2 aromatic heterocycles. The third-order valence-corrected chi connectivity index (χ3v) is 5.24. The van der Waals surface area contributed by atoms with Crippen molar-refractivity contribution in [2.24, 2.45) is 0 Å². The standard InChI is InChI=1S/C22H25N5O3/c1-13-11-14(2)23-19-18(13)21(27-9-5-6-10-27)26-20(25-19)22(28)24-16-12-15(29-3)7-8-17(16)30-4/h7-8,11-12H,5-6,9-10H2,1-4H3,(H,24,28). The summed E-state index contributed by atoms with van der Waals surface area (Å²) in [6.45, 7) is 5.76. The Bertz CT molecular complexity index is 1110. The maximum atomic E-state index is 13.1. The molecule has 0 bridgehead atoms. The maximum absolute atomic E-state index is 13.1. The highest BCUT2D eigenvalue weighted by Crippen LogP contribution is 2.31. The van der Waals surface area contributed by atoms with Gasteiger partial charge < -0.3 is 19.7 Å². The molecule has 3 aromatic rings. The summed E-state index contributed by atoms with van der Waals surface area (Å²) in [5.41, 5.74) is 2.93. The van der Waals surface area contributed by atoms with Gasteiger partial charge in [0.2, 0.25) is 5.82 Å². The highest BCUT2D eigenvalue weighted by atomic mass is 16.5. The van der Waals surface area contributed by atoms with E-state index in [2.05, 4.69) is 25.2 Å². The molecule has 30 heavy (non-hydrogen) atoms. The van der Waals surface area contributed by atoms with E-state index in [1.807, 2.05) is 19.9 Å². The number of aromatic nitrogens is 3. The monoisotopic (exact) mass is 407 g/mol. The van der Waals surface area contributed by atoms with Crippen LogP contribution in [0.3, 0.4) is 0 Å². The number of hydrogen-bond donors (Lipinski definition) is 1. The van der Waals surface area contributed by atoms with Gasteiger partial charge in [-0.2, -0.15) is 0 Å². The van der Waals surface area contributed by atoms with E-state index in [4.69, 9.17) is 9.47 Å². The number of carbonyl (C=O) groups excluding carboxylic acids is 1. The van der Waals surface area contributed by atoms with E-state index in [-0.39, 0.29) is 5.82 Å². The van der Waals surface area contributed by atoms with E-state index < -0.39 is 5.91 Å². The number of anilines is 2. The molecule has 0 saturated carbocycles. The Hall–Kier alpha value is -3.42. The second-order valence-corrected chi connectivity index (χ2v) is 7.36. The quantitative estimate of drug-likeness (QED) is 0.692. The van der Waals surface area contributed by atoms with Gasteiger partial charge in [-0.05, 0) is 50.5 Å². The number of rotatable bonds is 5. The molecule has 1 aromatic carbocycles. The molecule has 1 aliphatic rings. The van der Waals surface area contributed by atoms with Crippen molar-refractivity contribution < 1.29 is 14.3 Å². The van der Waals surface area contributed by atoms with E-state index in [1.54, 1.807) is 32.4 Å². The minimum absolute atomic E-state index is 0.0757. The van der Waals surface area contributed by atoms with E-state index in [9.17, 15) is 4.79 Å². The SMILES string of the molecule is COc1ccc(OC)c(NC(=O)c2nc(N3CCCC3)c3c(C)cc(C)nc3n2)c1. The van der Waals surface area contributed by atoms with Crippen LogP contribution in [0.25, 0.3) is 11.0 Å². The zero-order valence-corrected chi connectivity index (χ0v) is 17.7. The van der Waals surface area contributed by atoms with Crippen molar-refractivity contribution in [2.75, 3.05) is 37.5 Å². The molecule has 4 rings (SSSR count). The summed E-state index contributed by atoms with van der Waals surface area (Å²) in [5, 5.41) is 3.75. The number of amides is 1. The van der Waals surface area contributed by atoms with Gasteiger partial charge in [0.15, 0.2) is 5.65 Å². The molecule has 8 heteroatoms. The molecular weight excluding hydrogens is 382 g/mol. The lowest BCUT2D eigenvalue weighted by Crippen LogP contribution is -2.23. The summed E-state index contributed by atoms with van der Waals surface area (Å²) in [4.78, 5) is 29.0. The van der Waals surface area contributed by atoms with E-state index in [1.165, 1.54) is 0 Å². The van der Waals surface area contributed by atoms with Crippen LogP contribution in [-0.4, -0.2) is 48.2 Å². The van der Waals surface area contributed by atoms with Crippen molar-refractivity contribution in [2.45, 2.75) is 26.7 Å². The Morgan fingerprint density at radius 3 is 2.50 bits per heavy atom. The van der Waals surface area contributed by atoms with Gasteiger partial charge >= 0.3 is 0 Å². The summed E-state index contributed by atoms with van der Waals surface area (Å²) in [5.74, 6) is 1.55. The number of ether oxygens (including phenoxy) is 2. The molecule has 8 nitrogen and oxygen atoms in total. The fourth-order valence-corrected chi connectivity index (χ4v) is 3.81. The van der Waals surface area contributed by atoms with Gasteiger partial charge in [-0.3, -0.25) is 4.79 Å². The molecule has 1 aliphatic heterocycles. The highest BCUT2D eigenvalue weighted by molar-refractivity contribution is 6.04. The van der Waals surface area contributed by atoms with Crippen LogP contribution in [0.15, 0.2) is 24.3 Å². The van der Waals surface area contributed by atoms with Crippen molar-refractivity contribution in [3.05, 3.63) is 41.3 Å². The molecular formula is C22H25N5O3. The summed E-state index contributed by atoms with van der Waals surface area (Å²) in [7, 11) is 3.11. The predicted molar refractivity (Wildman–Crippen MR) is 116 cm³/mol. The van der Waals surface area contributed by atoms with Crippen LogP contribution >= 0.6 is 0 Å². The minimum atomic E-state index is -0.426. The number of nitrogens with zero attached hydrogens (tertiary/aromatic N) is 4. The lowest BCUT2D eigenvalue weighted by atomic mass is 10.1. The second kappa shape index (κ2) is 8.14. The molecule has 0 atom stereocenters. The van der Waals surface area contributed by atoms with Crippen LogP contribution in [0, 0.1) is 13.8 Å². The molecule has 3 heterocycles. The average Bonchev–Trinajstić information content (AvgIpc) is 3.27. The van der Waals surface area contributed by atoms with Crippen molar-refractivity contribution in [1.82, 2.24) is 15.0 Å². The molecule has 1 amide bonds. The van der Waals surface area contributed by atoms with Gasteiger partial charge in [0, 0.05) is 24.8 Å². The lowest BCUT2D eigenvalue weighted by Gasteiger charge is -2.20. The van der Waals surface area contributed by atoms with Gasteiger partial charge in [0.1, 0.15) is 17.3 Å². The number of nitrogens with one attached hydrogen (secondary N) is 1. The summed E-state index contributed by atoms with van der Waals surface area (Å²) < 4.78 is 10.6. The van der Waals surface area contributed by atoms with Gasteiger partial charge in [0.25, 0.3) is 5.91 Å². The molecule has 156 valence electrons. The van der Waals surface area contributed by atoms with Crippen molar-refractivity contribution in [3.8, 4) is 11.5 Å². The molecule has 0 radical (unpaired) electrons. The number of methoxy groups -OCH3 is 2. The average molecular weight is 407 g/mol. The first-order valence-electron chi connectivity index (χ1n) is 9.94. The maximum Gasteiger partial charge on any atom is 0.293 e. The van der Waals surface area contributed by atoms with Crippen LogP contribution in [0.1, 0.15) is 34.7 Å². The zero-order valence-electron chi connectivity index (χ0n) is 17.7. The molecule has 1 fully saturated rings. The number of fused-ring (bicyclic) bond motifs is 1. The minimum Gasteiger partial charge on any atom is -0.497 e. The normalized spacial score (nSPS) is 13.5. The first-order valence-corrected chi connectivity index (χ1v) is 9.94. The number of pyridine rings is 1. The largest absolute Gasteiger partial charge is 0.497 e. The first kappa shape index (κ1) is 19.9. The van der Waals surface area contributed by atoms with Gasteiger partial charge in [-0.15, -0.1) is 0 Å². The van der Waals surface area contributed by atoms with E-state index >= 15 is 0 Å². The van der Waals surface area contributed by atoms with E-state index in [0.717, 1.165) is 48.4 Å². The number of carbonyl (C=O) groups is 1.